The summed E-state index contributed by atoms with van der Waals surface area (Å²) >= 11 is 0. The van der Waals surface area contributed by atoms with Crippen LogP contribution in [-0.4, -0.2) is 96.7 Å². The van der Waals surface area contributed by atoms with E-state index in [0.717, 1.165) is 54.4 Å². The van der Waals surface area contributed by atoms with E-state index in [-0.39, 0.29) is 5.91 Å². The molecule has 0 saturated carbocycles. The molecule has 1 amide bonds. The van der Waals surface area contributed by atoms with Crippen molar-refractivity contribution < 1.29 is 14.3 Å². The number of carbonyl (C=O) groups excluding carboxylic acids is 1. The van der Waals surface area contributed by atoms with Crippen molar-refractivity contribution in [3.63, 3.8) is 0 Å². The zero-order chi connectivity index (χ0) is 25.1. The largest absolute Gasteiger partial charge is 0.494 e. The van der Waals surface area contributed by atoms with Crippen LogP contribution in [0.3, 0.4) is 0 Å². The molecule has 2 aromatic heterocycles. The van der Waals surface area contributed by atoms with Crippen molar-refractivity contribution in [2.45, 2.75) is 31.8 Å². The summed E-state index contributed by atoms with van der Waals surface area (Å²) < 4.78 is 11.8. The van der Waals surface area contributed by atoms with Gasteiger partial charge in [-0.05, 0) is 38.9 Å². The lowest BCUT2D eigenvalue weighted by atomic mass is 10.0. The second kappa shape index (κ2) is 10.7. The minimum Gasteiger partial charge on any atom is -0.494 e. The number of ether oxygens (including phenoxy) is 2. The molecule has 192 valence electrons. The fourth-order valence-electron chi connectivity index (χ4n) is 5.33. The van der Waals surface area contributed by atoms with Gasteiger partial charge in [0.1, 0.15) is 18.2 Å². The third-order valence-corrected chi connectivity index (χ3v) is 7.49. The Bertz CT molecular complexity index is 1100. The number of pyridine rings is 1. The van der Waals surface area contributed by atoms with E-state index in [1.807, 2.05) is 17.2 Å². The van der Waals surface area contributed by atoms with Gasteiger partial charge >= 0.3 is 6.01 Å². The van der Waals surface area contributed by atoms with Gasteiger partial charge in [-0.1, -0.05) is 6.58 Å². The number of anilines is 2. The van der Waals surface area contributed by atoms with Gasteiger partial charge in [0.15, 0.2) is 0 Å². The van der Waals surface area contributed by atoms with Gasteiger partial charge in [0, 0.05) is 56.6 Å². The third kappa shape index (κ3) is 4.95. The number of aromatic nitrogens is 3. The predicted octanol–water partition coefficient (Wildman–Crippen LogP) is 1.75. The van der Waals surface area contributed by atoms with E-state index in [9.17, 15) is 4.79 Å². The maximum absolute atomic E-state index is 12.1. The predicted molar refractivity (Wildman–Crippen MR) is 138 cm³/mol. The van der Waals surface area contributed by atoms with Crippen LogP contribution >= 0.6 is 0 Å². The van der Waals surface area contributed by atoms with Crippen LogP contribution in [0.4, 0.5) is 11.5 Å². The summed E-state index contributed by atoms with van der Waals surface area (Å²) in [5, 5.41) is 0. The summed E-state index contributed by atoms with van der Waals surface area (Å²) in [5.41, 5.74) is 3.08. The number of methoxy groups -OCH3 is 1. The van der Waals surface area contributed by atoms with Crippen molar-refractivity contribution in [2.24, 2.45) is 0 Å². The summed E-state index contributed by atoms with van der Waals surface area (Å²) in [5.74, 6) is 1.70. The molecule has 2 aromatic rings. The van der Waals surface area contributed by atoms with Gasteiger partial charge in [-0.25, -0.2) is 0 Å². The molecule has 2 saturated heterocycles. The van der Waals surface area contributed by atoms with Crippen molar-refractivity contribution in [3.8, 4) is 11.8 Å². The van der Waals surface area contributed by atoms with E-state index >= 15 is 0 Å². The second-order valence-corrected chi connectivity index (χ2v) is 9.58. The zero-order valence-corrected chi connectivity index (χ0v) is 21.2. The van der Waals surface area contributed by atoms with Crippen molar-refractivity contribution in [2.75, 3.05) is 69.8 Å². The first-order chi connectivity index (χ1) is 17.6. The van der Waals surface area contributed by atoms with Crippen LogP contribution in [0.1, 0.15) is 24.1 Å². The smallest absolute Gasteiger partial charge is 0.318 e. The number of hydrogen-bond donors (Lipinski definition) is 0. The van der Waals surface area contributed by atoms with Gasteiger partial charge in [0.25, 0.3) is 0 Å². The first-order valence-electron chi connectivity index (χ1n) is 12.7. The Labute approximate surface area is 212 Å². The summed E-state index contributed by atoms with van der Waals surface area (Å²) in [6.07, 6.45) is 8.09. The average Bonchev–Trinajstić information content (AvgIpc) is 3.35. The molecule has 0 spiro atoms. The van der Waals surface area contributed by atoms with Crippen LogP contribution in [0.5, 0.6) is 11.8 Å². The molecule has 0 aromatic carbocycles. The van der Waals surface area contributed by atoms with Gasteiger partial charge in [0.05, 0.1) is 31.2 Å². The molecule has 2 fully saturated rings. The molecule has 10 nitrogen and oxygen atoms in total. The number of piperazine rings is 1. The average molecular weight is 494 g/mol. The van der Waals surface area contributed by atoms with E-state index in [1.165, 1.54) is 12.5 Å². The molecule has 3 aliphatic rings. The Kier molecular flexibility index (Phi) is 7.22. The molecular formula is C26H35N7O3. The normalized spacial score (nSPS) is 20.3. The molecule has 10 heteroatoms. The molecule has 1 atom stereocenters. The molecule has 0 aliphatic carbocycles. The van der Waals surface area contributed by atoms with Gasteiger partial charge in [-0.2, -0.15) is 9.97 Å². The summed E-state index contributed by atoms with van der Waals surface area (Å²) in [7, 11) is 3.82. The number of amides is 1. The zero-order valence-electron chi connectivity index (χ0n) is 21.2. The summed E-state index contributed by atoms with van der Waals surface area (Å²) in [4.78, 5) is 34.9. The van der Waals surface area contributed by atoms with Crippen LogP contribution < -0.4 is 19.3 Å². The highest BCUT2D eigenvalue weighted by Crippen LogP contribution is 2.34. The first-order valence-corrected chi connectivity index (χ1v) is 12.7. The van der Waals surface area contributed by atoms with Crippen molar-refractivity contribution >= 4 is 17.4 Å². The van der Waals surface area contributed by atoms with Gasteiger partial charge in [-0.3, -0.25) is 9.78 Å². The summed E-state index contributed by atoms with van der Waals surface area (Å²) in [6, 6.07) is 2.69. The lowest BCUT2D eigenvalue weighted by molar-refractivity contribution is -0.126. The molecule has 0 bridgehead atoms. The highest BCUT2D eigenvalue weighted by molar-refractivity contribution is 5.87. The Morgan fingerprint density at radius 2 is 2.00 bits per heavy atom. The number of likely N-dealkylation sites (tertiary alicyclic amines) is 1. The van der Waals surface area contributed by atoms with E-state index in [4.69, 9.17) is 19.4 Å². The summed E-state index contributed by atoms with van der Waals surface area (Å²) in [6.45, 7) is 9.46. The number of nitrogens with zero attached hydrogens (tertiary/aromatic N) is 7. The van der Waals surface area contributed by atoms with E-state index < -0.39 is 0 Å². The molecular weight excluding hydrogens is 458 g/mol. The minimum absolute atomic E-state index is 0.0230. The van der Waals surface area contributed by atoms with Crippen molar-refractivity contribution in [1.82, 2.24) is 24.8 Å². The number of fused-ring (bicyclic) bond motifs is 1. The van der Waals surface area contributed by atoms with Crippen LogP contribution in [0.15, 0.2) is 31.1 Å². The van der Waals surface area contributed by atoms with Crippen LogP contribution in [0.25, 0.3) is 0 Å². The first kappa shape index (κ1) is 24.3. The van der Waals surface area contributed by atoms with Crippen LogP contribution in [0.2, 0.25) is 0 Å². The maximum Gasteiger partial charge on any atom is 0.318 e. The quantitative estimate of drug-likeness (QED) is 0.536. The van der Waals surface area contributed by atoms with E-state index in [1.54, 1.807) is 13.3 Å². The third-order valence-electron chi connectivity index (χ3n) is 7.49. The highest BCUT2D eigenvalue weighted by atomic mass is 16.5. The monoisotopic (exact) mass is 493 g/mol. The molecule has 3 aliphatic heterocycles. The van der Waals surface area contributed by atoms with Crippen LogP contribution in [-0.2, 0) is 17.8 Å². The topological polar surface area (TPSA) is 87.2 Å². The fourth-order valence-corrected chi connectivity index (χ4v) is 5.33. The standard InChI is InChI=1S/C26H35N7O3/c1-4-24(34)31-12-14-32(15-13-31)25-20-8-11-33(22-16-27-9-7-23(22)35-3)17-21(20)28-26(29-25)36-18-19-6-5-10-30(19)2/h4,7,9,16,19H,1,5-6,8,10-15,17-18H2,2-3H3/t19-/m0/s1. The van der Waals surface area contributed by atoms with Gasteiger partial charge in [-0.15, -0.1) is 0 Å². The Morgan fingerprint density at radius 1 is 1.17 bits per heavy atom. The van der Waals surface area contributed by atoms with Crippen molar-refractivity contribution in [3.05, 3.63) is 42.4 Å². The molecule has 0 N–H and O–H groups in total. The Hall–Kier alpha value is -3.40. The number of rotatable bonds is 7. The Balaban J connectivity index is 1.41. The van der Waals surface area contributed by atoms with E-state index in [0.29, 0.717) is 51.4 Å². The minimum atomic E-state index is -0.0230. The highest BCUT2D eigenvalue weighted by Gasteiger charge is 2.30. The van der Waals surface area contributed by atoms with Crippen LogP contribution in [0, 0.1) is 0 Å². The van der Waals surface area contributed by atoms with Gasteiger partial charge < -0.3 is 29.1 Å². The Morgan fingerprint density at radius 3 is 2.72 bits per heavy atom. The van der Waals surface area contributed by atoms with E-state index in [2.05, 4.69) is 33.3 Å². The molecule has 36 heavy (non-hydrogen) atoms. The molecule has 5 rings (SSSR count). The molecule has 5 heterocycles. The second-order valence-electron chi connectivity index (χ2n) is 9.58. The molecule has 0 unspecified atom stereocenters. The fraction of sp³-hybridized carbons (Fsp3) is 0.538. The SMILES string of the molecule is C=CC(=O)N1CCN(c2nc(OC[C@@H]3CCCN3C)nc3c2CCN(c2cnccc2OC)C3)CC1. The maximum atomic E-state index is 12.1. The number of hydrogen-bond acceptors (Lipinski definition) is 9. The lowest BCUT2D eigenvalue weighted by Crippen LogP contribution is -2.49. The number of likely N-dealkylation sites (N-methyl/N-ethyl adjacent to an activating group) is 1. The van der Waals surface area contributed by atoms with Gasteiger partial charge in [0.2, 0.25) is 5.91 Å². The number of carbonyl (C=O) groups is 1. The molecule has 0 radical (unpaired) electrons. The lowest BCUT2D eigenvalue weighted by Gasteiger charge is -2.38. The van der Waals surface area contributed by atoms with Crippen molar-refractivity contribution in [1.29, 1.82) is 0 Å².